The Kier molecular flexibility index (Phi) is 6.96. The third-order valence-corrected chi connectivity index (χ3v) is 10.0. The van der Waals surface area contributed by atoms with Crippen LogP contribution in [0.15, 0.2) is 81.3 Å². The van der Waals surface area contributed by atoms with Crippen molar-refractivity contribution < 1.29 is 13.2 Å². The number of para-hydroxylation sites is 1. The van der Waals surface area contributed by atoms with Crippen molar-refractivity contribution in [1.29, 1.82) is 0 Å². The number of allylic oxidation sites excluding steroid dienone is 1. The van der Waals surface area contributed by atoms with Gasteiger partial charge in [-0.05, 0) is 67.7 Å². The molecule has 6 rings (SSSR count). The minimum Gasteiger partial charge on any atom is -0.496 e. The maximum absolute atomic E-state index is 13.9. The molecule has 10 heteroatoms. The second kappa shape index (κ2) is 10.3. The van der Waals surface area contributed by atoms with Crippen LogP contribution < -0.4 is 4.74 Å². The number of rotatable bonds is 5. The van der Waals surface area contributed by atoms with Gasteiger partial charge in [0.25, 0.3) is 0 Å². The minimum atomic E-state index is -3.71. The first-order valence-corrected chi connectivity index (χ1v) is 15.7. The van der Waals surface area contributed by atoms with Gasteiger partial charge in [0.2, 0.25) is 10.0 Å². The van der Waals surface area contributed by atoms with Gasteiger partial charge in [-0.3, -0.25) is 0 Å². The first-order valence-electron chi connectivity index (χ1n) is 13.4. The van der Waals surface area contributed by atoms with E-state index in [2.05, 4.69) is 29.8 Å². The third-order valence-electron chi connectivity index (χ3n) is 7.74. The molecule has 0 radical (unpaired) electrons. The Bertz CT molecular complexity index is 1650. The van der Waals surface area contributed by atoms with Crippen LogP contribution in [0.1, 0.15) is 43.1 Å². The molecule has 208 valence electrons. The van der Waals surface area contributed by atoms with E-state index in [1.54, 1.807) is 29.8 Å². The van der Waals surface area contributed by atoms with Gasteiger partial charge in [0.05, 0.1) is 29.4 Å². The first kappa shape index (κ1) is 27.0. The summed E-state index contributed by atoms with van der Waals surface area (Å²) in [6, 6.07) is 15.4. The van der Waals surface area contributed by atoms with Crippen LogP contribution in [-0.4, -0.2) is 53.4 Å². The van der Waals surface area contributed by atoms with Crippen LogP contribution in [0.25, 0.3) is 5.69 Å². The van der Waals surface area contributed by atoms with E-state index in [0.717, 1.165) is 33.4 Å². The summed E-state index contributed by atoms with van der Waals surface area (Å²) in [6.07, 6.45) is 6.22. The normalized spacial score (nSPS) is 22.8. The molecule has 0 spiro atoms. The molecular weight excluding hydrogens is 590 g/mol. The fourth-order valence-corrected chi connectivity index (χ4v) is 8.14. The Morgan fingerprint density at radius 1 is 1.02 bits per heavy atom. The quantitative estimate of drug-likeness (QED) is 0.344. The average molecular weight is 623 g/mol. The van der Waals surface area contributed by atoms with E-state index in [1.165, 1.54) is 0 Å². The third kappa shape index (κ3) is 4.61. The largest absolute Gasteiger partial charge is 0.496 e. The van der Waals surface area contributed by atoms with Gasteiger partial charge >= 0.3 is 0 Å². The Hall–Kier alpha value is -3.21. The molecule has 1 aromatic heterocycles. The molecule has 3 aromatic rings. The van der Waals surface area contributed by atoms with Gasteiger partial charge in [-0.25, -0.2) is 18.1 Å². The monoisotopic (exact) mass is 621 g/mol. The summed E-state index contributed by atoms with van der Waals surface area (Å²) in [4.78, 5) is 7.22. The number of hydrogen-bond acceptors (Lipinski definition) is 6. The van der Waals surface area contributed by atoms with Crippen molar-refractivity contribution >= 4 is 37.6 Å². The number of halogens is 1. The number of aryl methyl sites for hydroxylation is 1. The second-order valence-electron chi connectivity index (χ2n) is 10.9. The van der Waals surface area contributed by atoms with Crippen LogP contribution in [0.5, 0.6) is 5.75 Å². The summed E-state index contributed by atoms with van der Waals surface area (Å²) in [6.45, 7) is 7.24. The van der Waals surface area contributed by atoms with Crippen LogP contribution in [0, 0.1) is 18.8 Å². The number of amidine groups is 1. The Balaban J connectivity index is 1.53. The highest BCUT2D eigenvalue weighted by Gasteiger charge is 2.40. The van der Waals surface area contributed by atoms with Gasteiger partial charge in [-0.1, -0.05) is 48.0 Å². The topological polar surface area (TPSA) is 80.0 Å². The van der Waals surface area contributed by atoms with Gasteiger partial charge in [0, 0.05) is 34.9 Å². The molecule has 0 saturated carbocycles. The number of sulfonamides is 1. The van der Waals surface area contributed by atoms with Crippen LogP contribution >= 0.6 is 15.9 Å². The molecule has 0 N–H and O–H groups in total. The van der Waals surface area contributed by atoms with Crippen molar-refractivity contribution in [3.63, 3.8) is 0 Å². The summed E-state index contributed by atoms with van der Waals surface area (Å²) < 4.78 is 38.0. The highest BCUT2D eigenvalue weighted by Crippen LogP contribution is 2.47. The van der Waals surface area contributed by atoms with Crippen molar-refractivity contribution in [3.05, 3.63) is 93.1 Å². The maximum atomic E-state index is 13.9. The zero-order valence-corrected chi connectivity index (χ0v) is 25.4. The van der Waals surface area contributed by atoms with Crippen LogP contribution in [0.4, 0.5) is 5.82 Å². The number of aromatic nitrogens is 2. The zero-order valence-electron chi connectivity index (χ0n) is 23.0. The Labute approximate surface area is 243 Å². The lowest BCUT2D eigenvalue weighted by Gasteiger charge is -2.38. The standard InChI is InChI=1S/C30H32BrN5O3S/c1-19-14-20(2)17-34(16-19)40(37,38)24-11-13-27-32-30-28(21(3)33-36(30)23-8-6-5-7-9-23)29(35(27)18-24)25-15-22(31)10-12-26(25)39-4/h5-13,15,18-20,29H,14,16-17H2,1-4H3. The van der Waals surface area contributed by atoms with Crippen molar-refractivity contribution in [2.24, 2.45) is 16.8 Å². The molecule has 0 amide bonds. The van der Waals surface area contributed by atoms with E-state index in [1.807, 2.05) is 65.0 Å². The lowest BCUT2D eigenvalue weighted by atomic mass is 9.94. The molecule has 40 heavy (non-hydrogen) atoms. The molecule has 3 unspecified atom stereocenters. The van der Waals surface area contributed by atoms with E-state index < -0.39 is 16.1 Å². The number of piperidine rings is 1. The molecule has 0 aliphatic carbocycles. The number of methoxy groups -OCH3 is 1. The number of benzene rings is 2. The zero-order chi connectivity index (χ0) is 28.2. The first-order chi connectivity index (χ1) is 19.2. The van der Waals surface area contributed by atoms with Gasteiger partial charge < -0.3 is 9.64 Å². The van der Waals surface area contributed by atoms with E-state index in [9.17, 15) is 8.42 Å². The number of aliphatic imine (C=N–C) groups is 1. The van der Waals surface area contributed by atoms with Gasteiger partial charge in [0.1, 0.15) is 11.6 Å². The molecule has 8 nitrogen and oxygen atoms in total. The highest BCUT2D eigenvalue weighted by atomic mass is 79.9. The summed E-state index contributed by atoms with van der Waals surface area (Å²) in [5, 5.41) is 4.89. The van der Waals surface area contributed by atoms with Gasteiger partial charge in [-0.15, -0.1) is 0 Å². The Morgan fingerprint density at radius 3 is 2.45 bits per heavy atom. The number of fused-ring (bicyclic) bond motifs is 2. The maximum Gasteiger partial charge on any atom is 0.244 e. The smallest absolute Gasteiger partial charge is 0.244 e. The van der Waals surface area contributed by atoms with Crippen molar-refractivity contribution in [2.75, 3.05) is 20.2 Å². The molecule has 3 aliphatic rings. The molecule has 0 bridgehead atoms. The predicted molar refractivity (Wildman–Crippen MR) is 160 cm³/mol. The molecule has 1 fully saturated rings. The number of hydrogen-bond donors (Lipinski definition) is 0. The van der Waals surface area contributed by atoms with E-state index in [4.69, 9.17) is 14.8 Å². The number of nitrogens with zero attached hydrogens (tertiary/aromatic N) is 5. The predicted octanol–water partition coefficient (Wildman–Crippen LogP) is 6.11. The van der Waals surface area contributed by atoms with Crippen LogP contribution in [0.2, 0.25) is 0 Å². The molecular formula is C30H32BrN5O3S. The average Bonchev–Trinajstić information content (AvgIpc) is 3.27. The summed E-state index contributed by atoms with van der Waals surface area (Å²) in [5.74, 6) is 2.66. The summed E-state index contributed by atoms with van der Waals surface area (Å²) >= 11 is 3.63. The fourth-order valence-electron chi connectivity index (χ4n) is 6.07. The van der Waals surface area contributed by atoms with Gasteiger partial charge in [0.15, 0.2) is 5.82 Å². The fraction of sp³-hybridized carbons (Fsp3) is 0.333. The van der Waals surface area contributed by atoms with Crippen molar-refractivity contribution in [1.82, 2.24) is 19.0 Å². The summed E-state index contributed by atoms with van der Waals surface area (Å²) in [5.41, 5.74) is 3.48. The van der Waals surface area contributed by atoms with Gasteiger partial charge in [-0.2, -0.15) is 9.40 Å². The molecule has 1 saturated heterocycles. The number of ether oxygens (including phenoxy) is 1. The van der Waals surface area contributed by atoms with Crippen molar-refractivity contribution in [2.45, 2.75) is 33.2 Å². The van der Waals surface area contributed by atoms with E-state index >= 15 is 0 Å². The lowest BCUT2D eigenvalue weighted by Crippen LogP contribution is -2.44. The molecule has 2 aromatic carbocycles. The van der Waals surface area contributed by atoms with Crippen LogP contribution in [-0.2, 0) is 10.0 Å². The van der Waals surface area contributed by atoms with Crippen molar-refractivity contribution in [3.8, 4) is 11.4 Å². The minimum absolute atomic E-state index is 0.253. The Morgan fingerprint density at radius 2 is 1.75 bits per heavy atom. The second-order valence-corrected chi connectivity index (χ2v) is 13.7. The molecule has 3 aliphatic heterocycles. The van der Waals surface area contributed by atoms with E-state index in [0.29, 0.717) is 42.3 Å². The highest BCUT2D eigenvalue weighted by molar-refractivity contribution is 9.10. The molecule has 4 heterocycles. The lowest BCUT2D eigenvalue weighted by molar-refractivity contribution is 0.224. The molecule has 3 atom stereocenters. The SMILES string of the molecule is COc1ccc(Br)cc1C1c2c(C)nn(-c3ccccc3)c2N=C2C=CC(S(=O)(=O)N3CC(C)CC(C)C3)=CN21. The van der Waals surface area contributed by atoms with Crippen LogP contribution in [0.3, 0.4) is 0 Å². The van der Waals surface area contributed by atoms with E-state index in [-0.39, 0.29) is 4.91 Å². The summed E-state index contributed by atoms with van der Waals surface area (Å²) in [7, 11) is -2.06.